The third-order valence-electron chi connectivity index (χ3n) is 2.89. The highest BCUT2D eigenvalue weighted by Crippen LogP contribution is 2.35. The Labute approximate surface area is 138 Å². The Morgan fingerprint density at radius 1 is 1.10 bits per heavy atom. The van der Waals surface area contributed by atoms with Gasteiger partial charge in [0.15, 0.2) is 0 Å². The first-order valence-corrected chi connectivity index (χ1v) is 8.42. The lowest BCUT2D eigenvalue weighted by Crippen LogP contribution is -2.35. The molecule has 0 heterocycles. The van der Waals surface area contributed by atoms with E-state index in [1.165, 1.54) is 6.07 Å². The van der Waals surface area contributed by atoms with Crippen LogP contribution in [-0.4, -0.2) is 5.54 Å². The maximum Gasteiger partial charge on any atom is 0.123 e. The summed E-state index contributed by atoms with van der Waals surface area (Å²) in [6, 6.07) is 13.0. The van der Waals surface area contributed by atoms with Crippen molar-refractivity contribution >= 4 is 27.7 Å². The van der Waals surface area contributed by atoms with Crippen molar-refractivity contribution in [2.75, 3.05) is 0 Å². The predicted molar refractivity (Wildman–Crippen MR) is 91.3 cm³/mol. The Balaban J connectivity index is 2.25. The SMILES string of the molecule is CC(C)(C)NCc1cc(F)ccc1Sc1ccccc1Br. The highest BCUT2D eigenvalue weighted by atomic mass is 79.9. The second kappa shape index (κ2) is 6.95. The van der Waals surface area contributed by atoms with Crippen molar-refractivity contribution in [3.05, 3.63) is 58.3 Å². The molecular formula is C17H19BrFNS. The molecule has 1 nitrogen and oxygen atoms in total. The number of rotatable bonds is 4. The van der Waals surface area contributed by atoms with Crippen LogP contribution in [0, 0.1) is 5.82 Å². The van der Waals surface area contributed by atoms with Crippen molar-refractivity contribution in [1.29, 1.82) is 0 Å². The molecule has 0 spiro atoms. The van der Waals surface area contributed by atoms with Gasteiger partial charge in [0.1, 0.15) is 5.82 Å². The molecule has 0 atom stereocenters. The van der Waals surface area contributed by atoms with Crippen molar-refractivity contribution in [2.24, 2.45) is 0 Å². The van der Waals surface area contributed by atoms with Gasteiger partial charge in [0, 0.05) is 26.3 Å². The van der Waals surface area contributed by atoms with Crippen LogP contribution in [-0.2, 0) is 6.54 Å². The number of hydrogen-bond acceptors (Lipinski definition) is 2. The average Bonchev–Trinajstić information content (AvgIpc) is 2.40. The first-order valence-electron chi connectivity index (χ1n) is 6.81. The summed E-state index contributed by atoms with van der Waals surface area (Å²) in [6.07, 6.45) is 0. The molecule has 0 aliphatic carbocycles. The van der Waals surface area contributed by atoms with E-state index >= 15 is 0 Å². The van der Waals surface area contributed by atoms with Crippen LogP contribution in [0.2, 0.25) is 0 Å². The van der Waals surface area contributed by atoms with E-state index in [-0.39, 0.29) is 11.4 Å². The van der Waals surface area contributed by atoms with Gasteiger partial charge in [-0.2, -0.15) is 0 Å². The molecule has 0 amide bonds. The van der Waals surface area contributed by atoms with Crippen LogP contribution in [0.4, 0.5) is 4.39 Å². The van der Waals surface area contributed by atoms with Gasteiger partial charge in [-0.25, -0.2) is 4.39 Å². The fourth-order valence-corrected chi connectivity index (χ4v) is 3.27. The maximum atomic E-state index is 13.5. The van der Waals surface area contributed by atoms with E-state index in [1.54, 1.807) is 17.8 Å². The van der Waals surface area contributed by atoms with Gasteiger partial charge in [0.25, 0.3) is 0 Å². The van der Waals surface area contributed by atoms with Crippen molar-refractivity contribution < 1.29 is 4.39 Å². The topological polar surface area (TPSA) is 12.0 Å². The van der Waals surface area contributed by atoms with Crippen LogP contribution in [0.1, 0.15) is 26.3 Å². The Morgan fingerprint density at radius 3 is 2.48 bits per heavy atom. The lowest BCUT2D eigenvalue weighted by Gasteiger charge is -2.21. The number of halogens is 2. The number of nitrogens with one attached hydrogen (secondary N) is 1. The summed E-state index contributed by atoms with van der Waals surface area (Å²) in [5, 5.41) is 3.41. The fourth-order valence-electron chi connectivity index (χ4n) is 1.79. The second-order valence-electron chi connectivity index (χ2n) is 5.89. The minimum absolute atomic E-state index is 0.00157. The van der Waals surface area contributed by atoms with E-state index in [4.69, 9.17) is 0 Å². The summed E-state index contributed by atoms with van der Waals surface area (Å²) in [6.45, 7) is 6.96. The van der Waals surface area contributed by atoms with E-state index in [0.717, 1.165) is 19.8 Å². The average molecular weight is 368 g/mol. The molecule has 0 saturated heterocycles. The van der Waals surface area contributed by atoms with Gasteiger partial charge in [-0.3, -0.25) is 0 Å². The van der Waals surface area contributed by atoms with Gasteiger partial charge in [0.05, 0.1) is 0 Å². The number of benzene rings is 2. The Bertz CT molecular complexity index is 622. The third kappa shape index (κ3) is 5.13. The molecule has 112 valence electrons. The molecule has 2 aromatic carbocycles. The van der Waals surface area contributed by atoms with Crippen LogP contribution in [0.15, 0.2) is 56.7 Å². The van der Waals surface area contributed by atoms with Gasteiger partial charge in [0.2, 0.25) is 0 Å². The standard InChI is InChI=1S/C17H19BrFNS/c1-17(2,3)20-11-12-10-13(19)8-9-15(12)21-16-7-5-4-6-14(16)18/h4-10,20H,11H2,1-3H3. The molecule has 4 heteroatoms. The Kier molecular flexibility index (Phi) is 5.47. The van der Waals surface area contributed by atoms with Crippen molar-refractivity contribution in [1.82, 2.24) is 5.32 Å². The first-order chi connectivity index (χ1) is 9.85. The van der Waals surface area contributed by atoms with E-state index in [1.807, 2.05) is 24.3 Å². The van der Waals surface area contributed by atoms with E-state index in [0.29, 0.717) is 6.54 Å². The van der Waals surface area contributed by atoms with E-state index in [2.05, 4.69) is 48.1 Å². The van der Waals surface area contributed by atoms with Crippen LogP contribution >= 0.6 is 27.7 Å². The molecule has 0 saturated carbocycles. The lowest BCUT2D eigenvalue weighted by molar-refractivity contribution is 0.422. The highest BCUT2D eigenvalue weighted by Gasteiger charge is 2.12. The Morgan fingerprint density at radius 2 is 1.81 bits per heavy atom. The summed E-state index contributed by atoms with van der Waals surface area (Å²) in [4.78, 5) is 2.20. The lowest BCUT2D eigenvalue weighted by atomic mass is 10.1. The van der Waals surface area contributed by atoms with Gasteiger partial charge in [-0.15, -0.1) is 0 Å². The van der Waals surface area contributed by atoms with Gasteiger partial charge in [-0.05, 0) is 72.6 Å². The molecule has 0 aliphatic heterocycles. The molecule has 0 fully saturated rings. The summed E-state index contributed by atoms with van der Waals surface area (Å²) >= 11 is 5.20. The summed E-state index contributed by atoms with van der Waals surface area (Å²) < 4.78 is 14.6. The monoisotopic (exact) mass is 367 g/mol. The van der Waals surface area contributed by atoms with Crippen LogP contribution in [0.3, 0.4) is 0 Å². The molecule has 1 N–H and O–H groups in total. The summed E-state index contributed by atoms with van der Waals surface area (Å²) in [7, 11) is 0. The van der Waals surface area contributed by atoms with Crippen molar-refractivity contribution in [3.8, 4) is 0 Å². The minimum Gasteiger partial charge on any atom is -0.308 e. The van der Waals surface area contributed by atoms with Gasteiger partial charge in [-0.1, -0.05) is 23.9 Å². The molecule has 0 aliphatic rings. The second-order valence-corrected chi connectivity index (χ2v) is 7.83. The van der Waals surface area contributed by atoms with Crippen LogP contribution in [0.5, 0.6) is 0 Å². The molecule has 0 radical (unpaired) electrons. The van der Waals surface area contributed by atoms with E-state index < -0.39 is 0 Å². The summed E-state index contributed by atoms with van der Waals surface area (Å²) in [5.74, 6) is -0.197. The summed E-state index contributed by atoms with van der Waals surface area (Å²) in [5.41, 5.74) is 0.979. The predicted octanol–water partition coefficient (Wildman–Crippen LogP) is 5.63. The molecule has 2 aromatic rings. The largest absolute Gasteiger partial charge is 0.308 e. The van der Waals surface area contributed by atoms with E-state index in [9.17, 15) is 4.39 Å². The smallest absolute Gasteiger partial charge is 0.123 e. The molecule has 0 unspecified atom stereocenters. The van der Waals surface area contributed by atoms with Crippen molar-refractivity contribution in [3.63, 3.8) is 0 Å². The normalized spacial score (nSPS) is 11.7. The van der Waals surface area contributed by atoms with Crippen LogP contribution < -0.4 is 5.32 Å². The molecule has 21 heavy (non-hydrogen) atoms. The first kappa shape index (κ1) is 16.5. The zero-order valence-corrected chi connectivity index (χ0v) is 14.8. The fraction of sp³-hybridized carbons (Fsp3) is 0.294. The molecule has 0 bridgehead atoms. The van der Waals surface area contributed by atoms with Gasteiger partial charge < -0.3 is 5.32 Å². The van der Waals surface area contributed by atoms with Crippen molar-refractivity contribution in [2.45, 2.75) is 42.6 Å². The number of hydrogen-bond donors (Lipinski definition) is 1. The molecule has 0 aromatic heterocycles. The minimum atomic E-state index is -0.197. The highest BCUT2D eigenvalue weighted by molar-refractivity contribution is 9.10. The molecular weight excluding hydrogens is 349 g/mol. The quantitative estimate of drug-likeness (QED) is 0.751. The van der Waals surface area contributed by atoms with Gasteiger partial charge >= 0.3 is 0 Å². The zero-order chi connectivity index (χ0) is 15.5. The maximum absolute atomic E-state index is 13.5. The Hall–Kier alpha value is -0.840. The third-order valence-corrected chi connectivity index (χ3v) is 5.04. The molecule has 2 rings (SSSR count). The zero-order valence-electron chi connectivity index (χ0n) is 12.4. The van der Waals surface area contributed by atoms with Crippen LogP contribution in [0.25, 0.3) is 0 Å².